The molecule has 0 amide bonds. The van der Waals surface area contributed by atoms with Gasteiger partial charge in [0.2, 0.25) is 5.78 Å². The first kappa shape index (κ1) is 36.5. The molecule has 52 heavy (non-hydrogen) atoms. The highest BCUT2D eigenvalue weighted by Gasteiger charge is 2.31. The molecule has 4 aromatic carbocycles. The van der Waals surface area contributed by atoms with Crippen molar-refractivity contribution in [2.24, 2.45) is 0 Å². The third-order valence-electron chi connectivity index (χ3n) is 10.4. The predicted molar refractivity (Wildman–Crippen MR) is 222 cm³/mol. The number of aromatic nitrogens is 4. The third-order valence-corrected chi connectivity index (χ3v) is 11.9. The van der Waals surface area contributed by atoms with Gasteiger partial charge in [-0.1, -0.05) is 151 Å². The van der Waals surface area contributed by atoms with Crippen molar-refractivity contribution in [3.8, 4) is 33.8 Å². The van der Waals surface area contributed by atoms with Gasteiger partial charge in [0, 0.05) is 22.3 Å². The number of rotatable bonds is 16. The molecule has 0 aliphatic heterocycles. The summed E-state index contributed by atoms with van der Waals surface area (Å²) in [5.74, 6) is -0.105. The van der Waals surface area contributed by atoms with Crippen molar-refractivity contribution < 1.29 is 4.79 Å². The summed E-state index contributed by atoms with van der Waals surface area (Å²) in [5, 5.41) is 0. The Hall–Kier alpha value is -3.81. The molecule has 0 spiro atoms. The van der Waals surface area contributed by atoms with Crippen molar-refractivity contribution in [1.29, 1.82) is 0 Å². The van der Waals surface area contributed by atoms with Crippen LogP contribution in [0.15, 0.2) is 81.7 Å². The molecule has 0 saturated heterocycles. The number of carbonyl (C=O) groups excluding carboxylic acids is 1. The van der Waals surface area contributed by atoms with Gasteiger partial charge < -0.3 is 0 Å². The van der Waals surface area contributed by atoms with Gasteiger partial charge in [-0.15, -0.1) is 0 Å². The number of nitrogens with zero attached hydrogens (tertiary/aromatic N) is 4. The van der Waals surface area contributed by atoms with Crippen LogP contribution in [0.3, 0.4) is 0 Å². The van der Waals surface area contributed by atoms with Crippen LogP contribution in [0.5, 0.6) is 0 Å². The molecule has 0 fully saturated rings. The lowest BCUT2D eigenvalue weighted by molar-refractivity contribution is 0.103. The molecule has 7 rings (SSSR count). The molecule has 266 valence electrons. The second kappa shape index (κ2) is 16.9. The zero-order valence-corrected chi connectivity index (χ0v) is 33.5. The number of carbonyl (C=O) groups is 1. The van der Waals surface area contributed by atoms with E-state index < -0.39 is 0 Å². The second-order valence-corrected chi connectivity index (χ2v) is 15.8. The first-order chi connectivity index (χ1) is 25.5. The first-order valence-corrected chi connectivity index (χ1v) is 20.8. The average molecular weight is 819 g/mol. The minimum absolute atomic E-state index is 0.105. The largest absolute Gasteiger partial charge is 0.287 e. The molecule has 2 aromatic heterocycles. The van der Waals surface area contributed by atoms with Gasteiger partial charge in [0.1, 0.15) is 33.5 Å². The van der Waals surface area contributed by atoms with Crippen molar-refractivity contribution in [3.63, 3.8) is 0 Å². The van der Waals surface area contributed by atoms with Crippen LogP contribution in [0.25, 0.3) is 55.8 Å². The smallest absolute Gasteiger partial charge is 0.214 e. The fraction of sp³-hybridized carbons (Fsp3) is 0.356. The molecule has 1 aliphatic rings. The molecule has 0 bridgehead atoms. The summed E-state index contributed by atoms with van der Waals surface area (Å²) in [6.07, 6.45) is 17.6. The van der Waals surface area contributed by atoms with E-state index in [1.54, 1.807) is 0 Å². The lowest BCUT2D eigenvalue weighted by Gasteiger charge is -2.15. The topological polar surface area (TPSA) is 68.6 Å². The maximum absolute atomic E-state index is 13.4. The molecular weight excluding hydrogens is 772 g/mol. The van der Waals surface area contributed by atoms with Crippen molar-refractivity contribution in [2.45, 2.75) is 104 Å². The van der Waals surface area contributed by atoms with Crippen LogP contribution in [0.4, 0.5) is 0 Å². The highest BCUT2D eigenvalue weighted by atomic mass is 79.9. The van der Waals surface area contributed by atoms with Gasteiger partial charge in [0.15, 0.2) is 0 Å². The van der Waals surface area contributed by atoms with Crippen LogP contribution in [-0.2, 0) is 12.8 Å². The molecule has 0 unspecified atom stereocenters. The lowest BCUT2D eigenvalue weighted by Crippen LogP contribution is -2.03. The average Bonchev–Trinajstić information content (AvgIpc) is 3.46. The van der Waals surface area contributed by atoms with Crippen molar-refractivity contribution >= 4 is 59.7 Å². The van der Waals surface area contributed by atoms with E-state index >= 15 is 0 Å². The van der Waals surface area contributed by atoms with E-state index in [0.29, 0.717) is 48.0 Å². The van der Waals surface area contributed by atoms with Crippen LogP contribution >= 0.6 is 31.9 Å². The van der Waals surface area contributed by atoms with Crippen molar-refractivity contribution in [1.82, 2.24) is 19.9 Å². The van der Waals surface area contributed by atoms with Crippen LogP contribution in [0, 0.1) is 0 Å². The maximum Gasteiger partial charge on any atom is 0.214 e. The fourth-order valence-corrected chi connectivity index (χ4v) is 8.45. The predicted octanol–water partition coefficient (Wildman–Crippen LogP) is 13.4. The highest BCUT2D eigenvalue weighted by molar-refractivity contribution is 9.11. The van der Waals surface area contributed by atoms with Gasteiger partial charge in [0.05, 0.1) is 20.3 Å². The van der Waals surface area contributed by atoms with E-state index in [4.69, 9.17) is 19.9 Å². The SMILES string of the molecule is CCCCCCCCc1ccc(-c2nc3c(Br)c4nc5c(nc4c(Br)c3nc2-c2ccc(CCCCCCCC)cc2)-c2ccccc2C5=O)cc1. The maximum atomic E-state index is 13.4. The summed E-state index contributed by atoms with van der Waals surface area (Å²) >= 11 is 7.72. The summed E-state index contributed by atoms with van der Waals surface area (Å²) < 4.78 is 1.39. The molecule has 0 saturated carbocycles. The molecule has 2 heterocycles. The summed E-state index contributed by atoms with van der Waals surface area (Å²) in [6, 6.07) is 25.3. The standard InChI is InChI=1S/C45H46Br2N4O/c1-3-5-7-9-11-13-17-29-21-25-31(26-22-29)37-38(32-27-23-30(24-28-32)18-14-12-10-8-6-4-2)49-41-36(47)43-42(35(46)40(41)48-37)50-39-33-19-15-16-20-34(33)45(52)44(39)51-43/h15-16,19-28H,3-14,17-18H2,1-2H3. The summed E-state index contributed by atoms with van der Waals surface area (Å²) in [6.45, 7) is 4.53. The normalized spacial score (nSPS) is 12.2. The van der Waals surface area contributed by atoms with Gasteiger partial charge in [-0.05, 0) is 68.7 Å². The van der Waals surface area contributed by atoms with Crippen LogP contribution < -0.4 is 0 Å². The van der Waals surface area contributed by atoms with E-state index in [1.165, 1.54) is 88.2 Å². The molecule has 1 aliphatic carbocycles. The van der Waals surface area contributed by atoms with Crippen molar-refractivity contribution in [3.05, 3.63) is 104 Å². The van der Waals surface area contributed by atoms with Gasteiger partial charge in [-0.3, -0.25) is 4.79 Å². The highest BCUT2D eigenvalue weighted by Crippen LogP contribution is 2.43. The number of hydrogen-bond donors (Lipinski definition) is 0. The molecule has 0 atom stereocenters. The molecule has 5 nitrogen and oxygen atoms in total. The Morgan fingerprint density at radius 3 is 1.29 bits per heavy atom. The van der Waals surface area contributed by atoms with Gasteiger partial charge in [-0.25, -0.2) is 19.9 Å². The molecule has 0 radical (unpaired) electrons. The Morgan fingerprint density at radius 2 is 0.827 bits per heavy atom. The quantitative estimate of drug-likeness (QED) is 0.0717. The van der Waals surface area contributed by atoms with E-state index in [0.717, 1.165) is 40.9 Å². The monoisotopic (exact) mass is 816 g/mol. The van der Waals surface area contributed by atoms with Gasteiger partial charge in [-0.2, -0.15) is 0 Å². The number of halogens is 2. The summed E-state index contributed by atoms with van der Waals surface area (Å²) in [4.78, 5) is 34.0. The summed E-state index contributed by atoms with van der Waals surface area (Å²) in [5.41, 5.74) is 11.4. The fourth-order valence-electron chi connectivity index (χ4n) is 7.35. The first-order valence-electron chi connectivity index (χ1n) is 19.2. The second-order valence-electron chi connectivity index (χ2n) is 14.2. The molecular formula is C45H46Br2N4O. The zero-order chi connectivity index (χ0) is 36.0. The minimum atomic E-state index is -0.105. The number of fused-ring (bicyclic) bond motifs is 5. The number of benzene rings is 4. The Morgan fingerprint density at radius 1 is 0.442 bits per heavy atom. The van der Waals surface area contributed by atoms with Crippen LogP contribution in [0.1, 0.15) is 118 Å². The molecule has 7 heteroatoms. The Balaban J connectivity index is 1.27. The van der Waals surface area contributed by atoms with E-state index in [9.17, 15) is 4.79 Å². The lowest BCUT2D eigenvalue weighted by atomic mass is 9.98. The van der Waals surface area contributed by atoms with Gasteiger partial charge in [0.25, 0.3) is 0 Å². The minimum Gasteiger partial charge on any atom is -0.287 e. The summed E-state index contributed by atoms with van der Waals surface area (Å²) in [7, 11) is 0. The third kappa shape index (κ3) is 7.63. The van der Waals surface area contributed by atoms with Gasteiger partial charge >= 0.3 is 0 Å². The van der Waals surface area contributed by atoms with E-state index in [2.05, 4.69) is 94.2 Å². The zero-order valence-electron chi connectivity index (χ0n) is 30.3. The number of hydrogen-bond acceptors (Lipinski definition) is 5. The Kier molecular flexibility index (Phi) is 11.9. The van der Waals surface area contributed by atoms with E-state index in [1.807, 2.05) is 24.3 Å². The Bertz CT molecular complexity index is 2210. The van der Waals surface area contributed by atoms with Crippen LogP contribution in [-0.4, -0.2) is 25.7 Å². The molecule has 6 aromatic rings. The molecule has 0 N–H and O–H groups in total. The number of ketones is 1. The Labute approximate surface area is 324 Å². The number of unbranched alkanes of at least 4 members (excludes halogenated alkanes) is 10. The number of aryl methyl sites for hydroxylation is 2. The van der Waals surface area contributed by atoms with E-state index in [-0.39, 0.29) is 5.78 Å². The van der Waals surface area contributed by atoms with Crippen molar-refractivity contribution in [2.75, 3.05) is 0 Å². The van der Waals surface area contributed by atoms with Crippen LogP contribution in [0.2, 0.25) is 0 Å².